The number of aromatic nitrogens is 1. The number of aromatic amines is 1. The summed E-state index contributed by atoms with van der Waals surface area (Å²) in [5.41, 5.74) is 3.27. The van der Waals surface area contributed by atoms with Crippen molar-refractivity contribution in [2.75, 3.05) is 11.9 Å². The van der Waals surface area contributed by atoms with E-state index in [9.17, 15) is 24.4 Å². The second-order valence-electron chi connectivity index (χ2n) is 14.0. The molecule has 10 heteroatoms. The number of nitrogens with zero attached hydrogens (tertiary/aromatic N) is 1. The monoisotopic (exact) mass is 661 g/mol. The van der Waals surface area contributed by atoms with Crippen molar-refractivity contribution in [3.8, 4) is 17.6 Å². The third-order valence-corrected chi connectivity index (χ3v) is 6.72. The molecule has 0 unspecified atom stereocenters. The number of carbonyl (C=O) groups is 1. The van der Waals surface area contributed by atoms with Crippen molar-refractivity contribution in [3.05, 3.63) is 63.1 Å². The van der Waals surface area contributed by atoms with E-state index in [0.717, 1.165) is 37.1 Å². The molecule has 0 radical (unpaired) electrons. The van der Waals surface area contributed by atoms with Crippen LogP contribution in [0.4, 0.5) is 15.8 Å². The zero-order valence-corrected chi connectivity index (χ0v) is 32.6. The van der Waals surface area contributed by atoms with E-state index >= 15 is 0 Å². The molecule has 2 N–H and O–H groups in total. The Labute approximate surface area is 316 Å². The van der Waals surface area contributed by atoms with E-state index in [4.69, 9.17) is 4.74 Å². The van der Waals surface area contributed by atoms with Gasteiger partial charge in [-0.2, -0.15) is 4.39 Å². The molecule has 2 aromatic carbocycles. The van der Waals surface area contributed by atoms with Crippen molar-refractivity contribution in [2.24, 2.45) is 5.41 Å². The molecule has 0 saturated heterocycles. The zero-order chi connectivity index (χ0) is 34.2. The molecular weight excluding hydrogens is 613 g/mol. The summed E-state index contributed by atoms with van der Waals surface area (Å²) in [5.74, 6) is 5.46. The summed E-state index contributed by atoms with van der Waals surface area (Å²) in [6, 6.07) is 8.68. The van der Waals surface area contributed by atoms with Crippen LogP contribution in [0.5, 0.6) is 5.75 Å². The second-order valence-corrected chi connectivity index (χ2v) is 14.0. The standard InChI is InChI=1S/C16H19FN2O3.C16H21NO.C4H9O.K/c1-5-6-15(20)18-13-10-12(17)14(19(21)22)9-11(13)7-8-16(2,3)4;1-15(2,3)14-7-10-6-11-9-16(4,5)18-13(11)8-12(10)17-14;1-2-3-4-5;/h9-10H,5-6H2,1-4H3,(H,18,20);6-8,17H,9H2,1-5H3;2-4H2,1H3;/q;;-1;+1. The number of nitro groups is 1. The van der Waals surface area contributed by atoms with Crippen LogP contribution in [0.2, 0.25) is 0 Å². The Bertz CT molecular complexity index is 1510. The zero-order valence-electron chi connectivity index (χ0n) is 29.5. The first kappa shape index (κ1) is 41.8. The van der Waals surface area contributed by atoms with Gasteiger partial charge < -0.3 is 20.1 Å². The van der Waals surface area contributed by atoms with Crippen molar-refractivity contribution in [1.82, 2.24) is 4.98 Å². The number of hydrogen-bond acceptors (Lipinski definition) is 5. The van der Waals surface area contributed by atoms with Crippen molar-refractivity contribution in [1.29, 1.82) is 0 Å². The van der Waals surface area contributed by atoms with Crippen LogP contribution in [0.15, 0.2) is 30.3 Å². The third kappa shape index (κ3) is 13.1. The molecule has 1 aliphatic heterocycles. The van der Waals surface area contributed by atoms with Gasteiger partial charge in [-0.05, 0) is 58.7 Å². The predicted molar refractivity (Wildman–Crippen MR) is 178 cm³/mol. The average Bonchev–Trinajstić information content (AvgIpc) is 3.45. The maximum absolute atomic E-state index is 13.8. The van der Waals surface area contributed by atoms with Crippen LogP contribution in [-0.2, 0) is 16.6 Å². The van der Waals surface area contributed by atoms with E-state index in [2.05, 4.69) is 75.0 Å². The van der Waals surface area contributed by atoms with Crippen molar-refractivity contribution < 1.29 is 75.3 Å². The Balaban J connectivity index is 0.000000398. The van der Waals surface area contributed by atoms with Crippen LogP contribution < -0.4 is 66.5 Å². The number of halogens is 1. The van der Waals surface area contributed by atoms with E-state index in [1.165, 1.54) is 22.2 Å². The summed E-state index contributed by atoms with van der Waals surface area (Å²) in [5, 5.41) is 24.2. The molecule has 1 amide bonds. The van der Waals surface area contributed by atoms with Crippen LogP contribution in [0.1, 0.15) is 112 Å². The van der Waals surface area contributed by atoms with Crippen LogP contribution in [0, 0.1) is 33.2 Å². The molecule has 4 rings (SSSR count). The molecule has 0 aliphatic carbocycles. The molecule has 8 nitrogen and oxygen atoms in total. The van der Waals surface area contributed by atoms with Gasteiger partial charge in [0.1, 0.15) is 11.4 Å². The number of nitrogens with one attached hydrogen (secondary N) is 2. The molecule has 0 saturated carbocycles. The minimum absolute atomic E-state index is 0. The number of amides is 1. The van der Waals surface area contributed by atoms with E-state index < -0.39 is 16.4 Å². The van der Waals surface area contributed by atoms with Crippen molar-refractivity contribution in [3.63, 3.8) is 0 Å². The van der Waals surface area contributed by atoms with Gasteiger partial charge in [0.15, 0.2) is 0 Å². The molecule has 3 aromatic rings. The number of H-pyrrole nitrogens is 1. The molecule has 1 aliphatic rings. The van der Waals surface area contributed by atoms with Gasteiger partial charge in [0.05, 0.1) is 16.2 Å². The predicted octanol–water partition coefficient (Wildman–Crippen LogP) is 5.20. The molecule has 0 spiro atoms. The van der Waals surface area contributed by atoms with Gasteiger partial charge >= 0.3 is 57.1 Å². The van der Waals surface area contributed by atoms with Crippen molar-refractivity contribution in [2.45, 2.75) is 112 Å². The van der Waals surface area contributed by atoms with Crippen molar-refractivity contribution >= 4 is 28.2 Å². The molecular formula is C36H49FKN3O5. The van der Waals surface area contributed by atoms with Gasteiger partial charge in [-0.1, -0.05) is 59.3 Å². The van der Waals surface area contributed by atoms with Gasteiger partial charge in [-0.25, -0.2) is 0 Å². The number of hydrogen-bond donors (Lipinski definition) is 2. The maximum Gasteiger partial charge on any atom is 1.00 e. The average molecular weight is 662 g/mol. The smallest absolute Gasteiger partial charge is 0.854 e. The number of benzene rings is 2. The molecule has 1 aromatic heterocycles. The van der Waals surface area contributed by atoms with Crippen LogP contribution >= 0.6 is 0 Å². The number of nitro benzene ring substituents is 1. The fraction of sp³-hybridized carbons (Fsp3) is 0.528. The fourth-order valence-electron chi connectivity index (χ4n) is 4.39. The third-order valence-electron chi connectivity index (χ3n) is 6.72. The quantitative estimate of drug-likeness (QED) is 0.163. The van der Waals surface area contributed by atoms with E-state index in [0.29, 0.717) is 6.42 Å². The fourth-order valence-corrected chi connectivity index (χ4v) is 4.39. The largest absolute Gasteiger partial charge is 1.00 e. The minimum atomic E-state index is -1.00. The first-order valence-corrected chi connectivity index (χ1v) is 15.5. The number of fused-ring (bicyclic) bond motifs is 2. The molecule has 46 heavy (non-hydrogen) atoms. The molecule has 0 fully saturated rings. The van der Waals surface area contributed by atoms with Gasteiger partial charge in [-0.15, -0.1) is 6.61 Å². The topological polar surface area (TPSA) is 120 Å². The Morgan fingerprint density at radius 1 is 1.09 bits per heavy atom. The van der Waals surface area contributed by atoms with Crippen LogP contribution in [0.3, 0.4) is 0 Å². The summed E-state index contributed by atoms with van der Waals surface area (Å²) < 4.78 is 19.7. The summed E-state index contributed by atoms with van der Waals surface area (Å²) in [6.45, 7) is 20.6. The second kappa shape index (κ2) is 17.8. The first-order valence-electron chi connectivity index (χ1n) is 15.5. The van der Waals surface area contributed by atoms with E-state index in [1.54, 1.807) is 0 Å². The number of rotatable bonds is 6. The number of carbonyl (C=O) groups excluding carboxylic acids is 1. The summed E-state index contributed by atoms with van der Waals surface area (Å²) in [6.07, 6.45) is 3.78. The molecule has 2 heterocycles. The van der Waals surface area contributed by atoms with Gasteiger partial charge in [0.2, 0.25) is 11.7 Å². The SMILES string of the molecule is CC1(C)Cc2cc3cc(C(C)(C)C)[nH]c3cc2O1.CCCC(=O)Nc1cc(F)c([N+](=O)[O-])cc1C#CC(C)(C)C.CCCC[O-].[K+]. The van der Waals surface area contributed by atoms with Gasteiger partial charge in [0, 0.05) is 58.5 Å². The van der Waals surface area contributed by atoms with Crippen LogP contribution in [0.25, 0.3) is 10.9 Å². The van der Waals surface area contributed by atoms with E-state index in [1.807, 2.05) is 34.6 Å². The number of unbranched alkanes of at least 4 members (excludes halogenated alkanes) is 1. The van der Waals surface area contributed by atoms with Gasteiger partial charge in [-0.3, -0.25) is 14.9 Å². The summed E-state index contributed by atoms with van der Waals surface area (Å²) >= 11 is 0. The molecule has 0 bridgehead atoms. The molecule has 0 atom stereocenters. The Morgan fingerprint density at radius 2 is 1.74 bits per heavy atom. The Hall–Kier alpha value is -2.26. The number of ether oxygens (including phenoxy) is 1. The first-order chi connectivity index (χ1) is 20.8. The Kier molecular flexibility index (Phi) is 16.1. The summed E-state index contributed by atoms with van der Waals surface area (Å²) in [7, 11) is 0. The van der Waals surface area contributed by atoms with E-state index in [-0.39, 0.29) is 98.0 Å². The minimum Gasteiger partial charge on any atom is -0.854 e. The Morgan fingerprint density at radius 3 is 2.24 bits per heavy atom. The number of anilines is 1. The maximum atomic E-state index is 13.8. The normalized spacial score (nSPS) is 13.0. The summed E-state index contributed by atoms with van der Waals surface area (Å²) in [4.78, 5) is 25.2. The van der Waals surface area contributed by atoms with Gasteiger partial charge in [0.25, 0.3) is 0 Å². The van der Waals surface area contributed by atoms with Crippen LogP contribution in [-0.4, -0.2) is 28.0 Å². The molecule has 246 valence electrons.